The molecule has 0 aliphatic carbocycles. The standard InChI is InChI=1S/C42H26B2N2O8/c43-29-35(47)27-25-26-28-34(40(52)38(50)30(44)36(28)48)46(24-13-7-12-22(18-24)20-10-5-2-6-11-20)32(26)42(54)41(53)31(25)45(33(27)39(51)37(29)49)23-16-14-21(15-17-23)19-8-3-1-4-9-19/h1-18,47-54H. The Kier molecular flexibility index (Phi) is 6.99. The Morgan fingerprint density at radius 2 is 0.685 bits per heavy atom. The van der Waals surface area contributed by atoms with Crippen LogP contribution in [0.5, 0.6) is 46.0 Å². The normalized spacial score (nSPS) is 11.7. The average molecular weight is 708 g/mol. The van der Waals surface area contributed by atoms with Gasteiger partial charge in [-0.05, 0) is 57.4 Å². The highest BCUT2D eigenvalue weighted by Gasteiger charge is 2.34. The number of aromatic hydroxyl groups is 8. The highest BCUT2D eigenvalue weighted by atomic mass is 16.3. The number of fused-ring (bicyclic) bond motifs is 7. The van der Waals surface area contributed by atoms with Crippen LogP contribution in [0.3, 0.4) is 0 Å². The molecule has 0 aliphatic rings. The van der Waals surface area contributed by atoms with Crippen molar-refractivity contribution in [1.29, 1.82) is 0 Å². The smallest absolute Gasteiger partial charge is 0.185 e. The molecule has 258 valence electrons. The summed E-state index contributed by atoms with van der Waals surface area (Å²) in [5, 5.41) is 92.1. The number of nitrogens with zero attached hydrogens (tertiary/aromatic N) is 2. The molecule has 8 N–H and O–H groups in total. The molecule has 0 bridgehead atoms. The largest absolute Gasteiger partial charge is 0.508 e. The maximum atomic E-state index is 12.1. The molecule has 0 spiro atoms. The van der Waals surface area contributed by atoms with E-state index in [1.807, 2.05) is 66.7 Å². The lowest BCUT2D eigenvalue weighted by atomic mass is 9.89. The molecule has 0 amide bonds. The van der Waals surface area contributed by atoms with Gasteiger partial charge in [0.15, 0.2) is 34.5 Å². The van der Waals surface area contributed by atoms with Crippen LogP contribution < -0.4 is 10.9 Å². The molecular formula is C42H26B2N2O8. The predicted molar refractivity (Wildman–Crippen MR) is 210 cm³/mol. The van der Waals surface area contributed by atoms with Gasteiger partial charge in [0.2, 0.25) is 0 Å². The van der Waals surface area contributed by atoms with E-state index in [2.05, 4.69) is 0 Å². The molecule has 4 radical (unpaired) electrons. The van der Waals surface area contributed by atoms with E-state index in [-0.39, 0.29) is 43.6 Å². The van der Waals surface area contributed by atoms with Crippen molar-refractivity contribution in [3.05, 3.63) is 109 Å². The van der Waals surface area contributed by atoms with Crippen LogP contribution in [0, 0.1) is 0 Å². The minimum Gasteiger partial charge on any atom is -0.508 e. The lowest BCUT2D eigenvalue weighted by Gasteiger charge is -2.14. The van der Waals surface area contributed by atoms with Crippen molar-refractivity contribution in [2.24, 2.45) is 0 Å². The number of hydrogen-bond donors (Lipinski definition) is 8. The molecule has 7 aromatic carbocycles. The van der Waals surface area contributed by atoms with Gasteiger partial charge in [-0.25, -0.2) is 0 Å². The lowest BCUT2D eigenvalue weighted by molar-refractivity contribution is 0.404. The van der Waals surface area contributed by atoms with E-state index in [0.717, 1.165) is 22.3 Å². The fourth-order valence-corrected chi connectivity index (χ4v) is 7.59. The Morgan fingerprint density at radius 1 is 0.315 bits per heavy atom. The van der Waals surface area contributed by atoms with Crippen molar-refractivity contribution in [2.75, 3.05) is 0 Å². The molecule has 0 aliphatic heterocycles. The Balaban J connectivity index is 1.51. The Morgan fingerprint density at radius 3 is 1.17 bits per heavy atom. The van der Waals surface area contributed by atoms with Gasteiger partial charge in [-0.1, -0.05) is 84.9 Å². The maximum absolute atomic E-state index is 12.1. The SMILES string of the molecule is [B]c1c(O)c(O)c2c(c1O)c1c3c4c(O)c([B])c(O)c(O)c4n(-c4cccc(-c5ccccc5)c4)c3c(O)c(O)c1n2-c1ccc(-c2ccccc2)cc1. The summed E-state index contributed by atoms with van der Waals surface area (Å²) in [6.45, 7) is 0. The Labute approximate surface area is 308 Å². The van der Waals surface area contributed by atoms with Gasteiger partial charge in [-0.2, -0.15) is 0 Å². The zero-order valence-electron chi connectivity index (χ0n) is 28.0. The van der Waals surface area contributed by atoms with Gasteiger partial charge in [-0.3, -0.25) is 0 Å². The minimum atomic E-state index is -0.834. The first-order valence-corrected chi connectivity index (χ1v) is 16.7. The van der Waals surface area contributed by atoms with E-state index in [1.54, 1.807) is 42.5 Å². The highest BCUT2D eigenvalue weighted by molar-refractivity contribution is 6.44. The fraction of sp³-hybridized carbons (Fsp3) is 0. The quantitative estimate of drug-likeness (QED) is 0.0586. The summed E-state index contributed by atoms with van der Waals surface area (Å²) in [6, 6.07) is 32.9. The molecule has 54 heavy (non-hydrogen) atoms. The maximum Gasteiger partial charge on any atom is 0.185 e. The third-order valence-corrected chi connectivity index (χ3v) is 10.1. The predicted octanol–water partition coefficient (Wildman–Crippen LogP) is 6.45. The third-order valence-electron chi connectivity index (χ3n) is 10.1. The van der Waals surface area contributed by atoms with Crippen LogP contribution in [0.1, 0.15) is 0 Å². The molecule has 2 aromatic heterocycles. The van der Waals surface area contributed by atoms with E-state index in [0.29, 0.717) is 11.4 Å². The van der Waals surface area contributed by atoms with Gasteiger partial charge >= 0.3 is 0 Å². The second kappa shape index (κ2) is 11.6. The number of aromatic nitrogens is 2. The van der Waals surface area contributed by atoms with Crippen molar-refractivity contribution in [3.63, 3.8) is 0 Å². The summed E-state index contributed by atoms with van der Waals surface area (Å²) in [7, 11) is 12.3. The van der Waals surface area contributed by atoms with E-state index in [4.69, 9.17) is 15.7 Å². The molecule has 0 saturated heterocycles. The van der Waals surface area contributed by atoms with Crippen LogP contribution in [0.15, 0.2) is 109 Å². The molecule has 12 heteroatoms. The summed E-state index contributed by atoms with van der Waals surface area (Å²) >= 11 is 0. The second-order valence-electron chi connectivity index (χ2n) is 13.0. The fourth-order valence-electron chi connectivity index (χ4n) is 7.59. The van der Waals surface area contributed by atoms with Crippen LogP contribution in [0.2, 0.25) is 0 Å². The van der Waals surface area contributed by atoms with Crippen LogP contribution in [-0.4, -0.2) is 65.7 Å². The van der Waals surface area contributed by atoms with E-state index in [9.17, 15) is 40.9 Å². The molecular weight excluding hydrogens is 682 g/mol. The number of phenolic OH excluding ortho intramolecular Hbond substituents is 8. The first kappa shape index (κ1) is 32.6. The summed E-state index contributed by atoms with van der Waals surface area (Å²) in [5.74, 6) is -5.98. The van der Waals surface area contributed by atoms with E-state index < -0.39 is 56.9 Å². The third kappa shape index (κ3) is 4.31. The summed E-state index contributed by atoms with van der Waals surface area (Å²) in [5.41, 5.74) is 2.08. The highest BCUT2D eigenvalue weighted by Crippen LogP contribution is 2.57. The van der Waals surface area contributed by atoms with Gasteiger partial charge in [0.25, 0.3) is 0 Å². The lowest BCUT2D eigenvalue weighted by Crippen LogP contribution is -2.05. The van der Waals surface area contributed by atoms with E-state index >= 15 is 0 Å². The van der Waals surface area contributed by atoms with Crippen molar-refractivity contribution in [1.82, 2.24) is 9.13 Å². The molecule has 0 saturated carbocycles. The molecule has 9 aromatic rings. The molecule has 9 rings (SSSR count). The number of benzene rings is 7. The molecule has 0 fully saturated rings. The zero-order valence-corrected chi connectivity index (χ0v) is 28.0. The van der Waals surface area contributed by atoms with Gasteiger partial charge in [0.05, 0.1) is 10.8 Å². The van der Waals surface area contributed by atoms with E-state index in [1.165, 1.54) is 9.13 Å². The van der Waals surface area contributed by atoms with Crippen molar-refractivity contribution >= 4 is 70.2 Å². The summed E-state index contributed by atoms with van der Waals surface area (Å²) in [6.07, 6.45) is 0. The molecule has 2 heterocycles. The molecule has 0 unspecified atom stereocenters. The van der Waals surface area contributed by atoms with Gasteiger partial charge in [-0.15, -0.1) is 0 Å². The zero-order chi connectivity index (χ0) is 37.7. The van der Waals surface area contributed by atoms with Crippen LogP contribution in [-0.2, 0) is 0 Å². The van der Waals surface area contributed by atoms with Crippen molar-refractivity contribution in [3.8, 4) is 79.6 Å². The first-order chi connectivity index (χ1) is 26.0. The number of phenols is 8. The van der Waals surface area contributed by atoms with Gasteiger partial charge < -0.3 is 50.0 Å². The first-order valence-electron chi connectivity index (χ1n) is 16.7. The average Bonchev–Trinajstić information content (AvgIpc) is 3.75. The Bertz CT molecular complexity index is 3030. The number of rotatable bonds is 4. The Hall–Kier alpha value is -7.33. The van der Waals surface area contributed by atoms with Gasteiger partial charge in [0, 0.05) is 22.1 Å². The monoisotopic (exact) mass is 708 g/mol. The summed E-state index contributed by atoms with van der Waals surface area (Å²) < 4.78 is 2.68. The van der Waals surface area contributed by atoms with Crippen molar-refractivity contribution < 1.29 is 40.9 Å². The summed E-state index contributed by atoms with van der Waals surface area (Å²) in [4.78, 5) is 0. The second-order valence-corrected chi connectivity index (χ2v) is 13.0. The number of hydrogen-bond acceptors (Lipinski definition) is 8. The van der Waals surface area contributed by atoms with Crippen LogP contribution in [0.25, 0.3) is 77.2 Å². The topological polar surface area (TPSA) is 172 Å². The van der Waals surface area contributed by atoms with Gasteiger partial charge in [0.1, 0.15) is 49.3 Å². The van der Waals surface area contributed by atoms with Crippen LogP contribution in [0.4, 0.5) is 0 Å². The van der Waals surface area contributed by atoms with Crippen LogP contribution >= 0.6 is 0 Å². The molecule has 10 nitrogen and oxygen atoms in total. The molecule has 0 atom stereocenters. The minimum absolute atomic E-state index is 0.0512. The van der Waals surface area contributed by atoms with Crippen molar-refractivity contribution in [2.45, 2.75) is 0 Å².